The molecule has 0 aromatic heterocycles. The number of carbonyl (C=O) groups excluding carboxylic acids is 1. The number of amides is 1. The summed E-state index contributed by atoms with van der Waals surface area (Å²) in [5, 5.41) is 3.17. The van der Waals surface area contributed by atoms with Gasteiger partial charge in [-0.05, 0) is 32.1 Å². The second-order valence-corrected chi connectivity index (χ2v) is 19.4. The first-order valence-corrected chi connectivity index (χ1v) is 25.5. The van der Waals surface area contributed by atoms with Crippen molar-refractivity contribution in [3.8, 4) is 0 Å². The fourth-order valence-electron chi connectivity index (χ4n) is 7.56. The van der Waals surface area contributed by atoms with Crippen LogP contribution in [0.25, 0.3) is 0 Å². The Morgan fingerprint density at radius 3 is 1.55 bits per heavy atom. The molecule has 56 heavy (non-hydrogen) atoms. The molecule has 1 fully saturated rings. The van der Waals surface area contributed by atoms with Crippen LogP contribution in [0.3, 0.4) is 0 Å². The second-order valence-electron chi connectivity index (χ2n) is 18.0. The van der Waals surface area contributed by atoms with Crippen molar-refractivity contribution in [2.75, 3.05) is 47.5 Å². The van der Waals surface area contributed by atoms with Crippen molar-refractivity contribution in [3.63, 3.8) is 0 Å². The van der Waals surface area contributed by atoms with Gasteiger partial charge < -0.3 is 24.2 Å². The highest BCUT2D eigenvalue weighted by atomic mass is 31.2. The number of nitrogens with zero attached hydrogens (tertiary/aromatic N) is 1. The van der Waals surface area contributed by atoms with Gasteiger partial charge >= 0.3 is 7.82 Å². The summed E-state index contributed by atoms with van der Waals surface area (Å²) in [7, 11) is 1.69. The van der Waals surface area contributed by atoms with Gasteiger partial charge in [0.15, 0.2) is 6.29 Å². The van der Waals surface area contributed by atoms with E-state index in [1.54, 1.807) is 0 Å². The summed E-state index contributed by atoms with van der Waals surface area (Å²) < 4.78 is 37.0. The predicted molar refractivity (Wildman–Crippen MR) is 235 cm³/mol. The number of likely N-dealkylation sites (N-methyl/N-ethyl adjacent to an activating group) is 1. The van der Waals surface area contributed by atoms with Crippen molar-refractivity contribution in [1.29, 1.82) is 0 Å². The highest BCUT2D eigenvalue weighted by Gasteiger charge is 2.32. The largest absolute Gasteiger partial charge is 0.472 e. The average Bonchev–Trinajstić information content (AvgIpc) is 3.16. The Bertz CT molecular complexity index is 928. The summed E-state index contributed by atoms with van der Waals surface area (Å²) in [5.41, 5.74) is 0. The fraction of sp³-hybridized carbons (Fsp3) is 0.978. The fourth-order valence-corrected chi connectivity index (χ4v) is 8.30. The number of hydrogen-bond donors (Lipinski definition) is 2. The normalized spacial score (nSPS) is 17.1. The third kappa shape index (κ3) is 34.3. The lowest BCUT2D eigenvalue weighted by molar-refractivity contribution is -0.870. The van der Waals surface area contributed by atoms with E-state index in [9.17, 15) is 14.3 Å². The van der Waals surface area contributed by atoms with Crippen LogP contribution in [0, 0.1) is 0 Å². The number of hydrogen-bond acceptors (Lipinski definition) is 6. The van der Waals surface area contributed by atoms with Crippen LogP contribution in [0.5, 0.6) is 0 Å². The maximum absolute atomic E-state index is 13.4. The Morgan fingerprint density at radius 2 is 1.12 bits per heavy atom. The molecule has 0 aromatic carbocycles. The second kappa shape index (κ2) is 36.3. The van der Waals surface area contributed by atoms with E-state index in [1.807, 2.05) is 21.1 Å². The third-order valence-electron chi connectivity index (χ3n) is 11.3. The average molecular weight is 818 g/mol. The molecule has 10 heteroatoms. The van der Waals surface area contributed by atoms with Gasteiger partial charge in [0.2, 0.25) is 5.91 Å². The molecular formula is C46H94N2O7P+. The maximum Gasteiger partial charge on any atom is 0.472 e. The van der Waals surface area contributed by atoms with Crippen molar-refractivity contribution < 1.29 is 37.3 Å². The number of phosphoric ester groups is 1. The lowest BCUT2D eigenvalue weighted by Gasteiger charge is -2.33. The van der Waals surface area contributed by atoms with Crippen molar-refractivity contribution in [2.24, 2.45) is 0 Å². The lowest BCUT2D eigenvalue weighted by Crippen LogP contribution is -2.49. The van der Waals surface area contributed by atoms with Crippen LogP contribution in [0.1, 0.15) is 226 Å². The monoisotopic (exact) mass is 818 g/mol. The number of phosphoric acid groups is 1. The molecule has 0 aliphatic carbocycles. The molecule has 1 rings (SSSR count). The van der Waals surface area contributed by atoms with Gasteiger partial charge in [0, 0.05) is 13.0 Å². The van der Waals surface area contributed by atoms with Gasteiger partial charge in [-0.15, -0.1) is 0 Å². The summed E-state index contributed by atoms with van der Waals surface area (Å²) in [6.07, 6.45) is 39.1. The van der Waals surface area contributed by atoms with Crippen molar-refractivity contribution >= 4 is 13.7 Å². The Balaban J connectivity index is 2.60. The van der Waals surface area contributed by atoms with Gasteiger partial charge in [-0.25, -0.2) is 4.57 Å². The van der Waals surface area contributed by atoms with E-state index in [1.165, 1.54) is 148 Å². The summed E-state index contributed by atoms with van der Waals surface area (Å²) in [4.78, 5) is 23.9. The number of nitrogens with one attached hydrogen (secondary N) is 1. The van der Waals surface area contributed by atoms with E-state index in [4.69, 9.17) is 18.5 Å². The molecule has 0 bridgehead atoms. The number of carbonyl (C=O) groups is 1. The van der Waals surface area contributed by atoms with Crippen molar-refractivity contribution in [1.82, 2.24) is 5.32 Å². The summed E-state index contributed by atoms with van der Waals surface area (Å²) in [6.45, 7) is 5.72. The molecule has 0 saturated carbocycles. The molecule has 1 amide bonds. The molecule has 1 saturated heterocycles. The topological polar surface area (TPSA) is 103 Å². The third-order valence-corrected chi connectivity index (χ3v) is 12.3. The Morgan fingerprint density at radius 1 is 0.679 bits per heavy atom. The van der Waals surface area contributed by atoms with E-state index in [0.29, 0.717) is 24.1 Å². The van der Waals surface area contributed by atoms with Gasteiger partial charge in [-0.1, -0.05) is 187 Å². The van der Waals surface area contributed by atoms with E-state index in [2.05, 4.69) is 19.2 Å². The SMILES string of the molecule is CCCCCCCCCCCCCCCCCC(=O)N[C@@H](COP(=O)(O)OCC[N+](C)(C)C)[C@@H](CCCCCCCCCCCCCCC)OC1CCCCO1. The summed E-state index contributed by atoms with van der Waals surface area (Å²) in [6, 6.07) is -0.579. The smallest absolute Gasteiger partial charge is 0.353 e. The number of ether oxygens (including phenoxy) is 2. The molecule has 1 heterocycles. The molecule has 0 radical (unpaired) electrons. The summed E-state index contributed by atoms with van der Waals surface area (Å²) >= 11 is 0. The van der Waals surface area contributed by atoms with E-state index >= 15 is 0 Å². The first-order chi connectivity index (χ1) is 27.1. The number of rotatable bonds is 41. The van der Waals surface area contributed by atoms with Crippen LogP contribution in [0.15, 0.2) is 0 Å². The molecule has 9 nitrogen and oxygen atoms in total. The first-order valence-electron chi connectivity index (χ1n) is 24.0. The van der Waals surface area contributed by atoms with Gasteiger partial charge in [-0.3, -0.25) is 13.8 Å². The van der Waals surface area contributed by atoms with Crippen LogP contribution in [-0.4, -0.2) is 81.2 Å². The van der Waals surface area contributed by atoms with Gasteiger partial charge in [0.25, 0.3) is 0 Å². The molecule has 334 valence electrons. The molecule has 0 spiro atoms. The molecular weight excluding hydrogens is 723 g/mol. The zero-order valence-electron chi connectivity index (χ0n) is 37.7. The first kappa shape index (κ1) is 53.5. The van der Waals surface area contributed by atoms with Crippen molar-refractivity contribution in [2.45, 2.75) is 244 Å². The maximum atomic E-state index is 13.4. The van der Waals surface area contributed by atoms with Crippen LogP contribution in [0.4, 0.5) is 0 Å². The lowest BCUT2D eigenvalue weighted by atomic mass is 10.0. The Hall–Kier alpha value is -0.540. The number of unbranched alkanes of at least 4 members (excludes halogenated alkanes) is 26. The van der Waals surface area contributed by atoms with Gasteiger partial charge in [0.05, 0.1) is 39.9 Å². The Kier molecular flexibility index (Phi) is 34.7. The van der Waals surface area contributed by atoms with Gasteiger partial charge in [-0.2, -0.15) is 0 Å². The molecule has 1 aliphatic rings. The quantitative estimate of drug-likeness (QED) is 0.0360. The van der Waals surface area contributed by atoms with Gasteiger partial charge in [0.1, 0.15) is 13.2 Å². The highest BCUT2D eigenvalue weighted by molar-refractivity contribution is 7.47. The molecule has 2 N–H and O–H groups in total. The van der Waals surface area contributed by atoms with E-state index in [0.717, 1.165) is 57.8 Å². The zero-order valence-corrected chi connectivity index (χ0v) is 38.6. The van der Waals surface area contributed by atoms with Crippen LogP contribution in [-0.2, 0) is 27.9 Å². The molecule has 1 aliphatic heterocycles. The van der Waals surface area contributed by atoms with E-state index < -0.39 is 13.9 Å². The molecule has 0 aromatic rings. The predicted octanol–water partition coefficient (Wildman–Crippen LogP) is 13.0. The zero-order chi connectivity index (χ0) is 41.0. The standard InChI is InChI=1S/C46H93N2O7P/c1-6-8-10-12-14-16-18-20-21-23-25-27-29-31-33-37-45(49)47-43(42-54-56(50,51)53-41-39-48(3,4)5)44(55-46-38-34-35-40-52-46)36-32-30-28-26-24-22-19-17-15-13-11-9-7-2/h43-44,46H,6-42H2,1-5H3,(H-,47,49,50,51)/p+1/t43-,44+,46?/m0/s1. The van der Waals surface area contributed by atoms with Crippen molar-refractivity contribution in [3.05, 3.63) is 0 Å². The van der Waals surface area contributed by atoms with E-state index in [-0.39, 0.29) is 31.5 Å². The Labute approximate surface area is 347 Å². The molecule has 4 atom stereocenters. The molecule has 2 unspecified atom stereocenters. The highest BCUT2D eigenvalue weighted by Crippen LogP contribution is 2.43. The minimum Gasteiger partial charge on any atom is -0.353 e. The summed E-state index contributed by atoms with van der Waals surface area (Å²) in [5.74, 6) is -0.0597. The minimum atomic E-state index is -4.32. The van der Waals surface area contributed by atoms with Crippen LogP contribution < -0.4 is 5.32 Å². The minimum absolute atomic E-state index is 0.0597. The van der Waals surface area contributed by atoms with Crippen LogP contribution in [0.2, 0.25) is 0 Å². The number of quaternary nitrogens is 1. The van der Waals surface area contributed by atoms with Crippen LogP contribution >= 0.6 is 7.82 Å².